The number of sulfonamides is 1. The Hall–Kier alpha value is -0.910. The van der Waals surface area contributed by atoms with E-state index in [1.54, 1.807) is 16.4 Å². The summed E-state index contributed by atoms with van der Waals surface area (Å²) in [5.74, 6) is 0. The highest BCUT2D eigenvalue weighted by molar-refractivity contribution is 7.89. The zero-order chi connectivity index (χ0) is 15.6. The Kier molecular flexibility index (Phi) is 5.07. The normalized spacial score (nSPS) is 19.6. The van der Waals surface area contributed by atoms with Crippen molar-refractivity contribution in [1.82, 2.24) is 9.62 Å². The Morgan fingerprint density at radius 3 is 2.52 bits per heavy atom. The predicted octanol–water partition coefficient (Wildman–Crippen LogP) is 2.45. The zero-order valence-corrected chi connectivity index (χ0v) is 14.2. The Bertz CT molecular complexity index is 590. The van der Waals surface area contributed by atoms with Gasteiger partial charge in [-0.25, -0.2) is 8.42 Å². The molecule has 0 aliphatic carbocycles. The zero-order valence-electron chi connectivity index (χ0n) is 13.4. The van der Waals surface area contributed by atoms with Crippen LogP contribution in [0, 0.1) is 13.8 Å². The second-order valence-corrected chi connectivity index (χ2v) is 8.10. The van der Waals surface area contributed by atoms with Gasteiger partial charge in [-0.1, -0.05) is 6.07 Å². The van der Waals surface area contributed by atoms with Crippen molar-refractivity contribution in [3.8, 4) is 0 Å². The molecule has 1 N–H and O–H groups in total. The molecule has 1 fully saturated rings. The van der Waals surface area contributed by atoms with Crippen LogP contribution in [0.5, 0.6) is 0 Å². The molecule has 1 saturated heterocycles. The van der Waals surface area contributed by atoms with Gasteiger partial charge < -0.3 is 5.32 Å². The van der Waals surface area contributed by atoms with Crippen molar-refractivity contribution >= 4 is 10.0 Å². The molecule has 1 unspecified atom stereocenters. The van der Waals surface area contributed by atoms with E-state index < -0.39 is 10.0 Å². The van der Waals surface area contributed by atoms with Crippen molar-refractivity contribution in [1.29, 1.82) is 0 Å². The second kappa shape index (κ2) is 6.46. The average Bonchev–Trinajstić information content (AvgIpc) is 2.91. The molecule has 0 saturated carbocycles. The van der Waals surface area contributed by atoms with Gasteiger partial charge in [-0.05, 0) is 70.3 Å². The lowest BCUT2D eigenvalue weighted by Crippen LogP contribution is -2.44. The molecule has 1 heterocycles. The van der Waals surface area contributed by atoms with Gasteiger partial charge in [-0.15, -0.1) is 0 Å². The van der Waals surface area contributed by atoms with Crippen LogP contribution < -0.4 is 5.32 Å². The van der Waals surface area contributed by atoms with Gasteiger partial charge in [0.25, 0.3) is 0 Å². The Balaban J connectivity index is 2.30. The van der Waals surface area contributed by atoms with Crippen molar-refractivity contribution in [2.45, 2.75) is 57.5 Å². The summed E-state index contributed by atoms with van der Waals surface area (Å²) in [5.41, 5.74) is 2.13. The van der Waals surface area contributed by atoms with Gasteiger partial charge >= 0.3 is 0 Å². The summed E-state index contributed by atoms with van der Waals surface area (Å²) in [4.78, 5) is 0.400. The number of nitrogens with one attached hydrogen (secondary N) is 1. The van der Waals surface area contributed by atoms with Crippen LogP contribution in [0.15, 0.2) is 23.1 Å². The number of rotatable bonds is 5. The molecule has 0 amide bonds. The summed E-state index contributed by atoms with van der Waals surface area (Å²) in [6.07, 6.45) is 2.17. The maximum Gasteiger partial charge on any atom is 0.243 e. The third kappa shape index (κ3) is 3.65. The molecule has 118 valence electrons. The summed E-state index contributed by atoms with van der Waals surface area (Å²) in [6.45, 7) is 9.36. The topological polar surface area (TPSA) is 49.4 Å². The first-order valence-electron chi connectivity index (χ1n) is 7.65. The molecule has 1 aliphatic heterocycles. The summed E-state index contributed by atoms with van der Waals surface area (Å²) in [7, 11) is -3.43. The molecular formula is C16H26N2O2S. The maximum atomic E-state index is 12.9. The minimum Gasteiger partial charge on any atom is -0.313 e. The predicted molar refractivity (Wildman–Crippen MR) is 86.0 cm³/mol. The van der Waals surface area contributed by atoms with Crippen molar-refractivity contribution < 1.29 is 8.42 Å². The quantitative estimate of drug-likeness (QED) is 0.909. The van der Waals surface area contributed by atoms with E-state index in [9.17, 15) is 8.42 Å². The van der Waals surface area contributed by atoms with E-state index in [0.717, 1.165) is 30.5 Å². The van der Waals surface area contributed by atoms with E-state index in [-0.39, 0.29) is 12.1 Å². The fourth-order valence-electron chi connectivity index (χ4n) is 2.73. The van der Waals surface area contributed by atoms with E-state index in [1.807, 2.05) is 33.8 Å². The van der Waals surface area contributed by atoms with Gasteiger partial charge in [0, 0.05) is 18.6 Å². The van der Waals surface area contributed by atoms with Crippen LogP contribution in [-0.4, -0.2) is 37.9 Å². The summed E-state index contributed by atoms with van der Waals surface area (Å²) in [5, 5.41) is 3.38. The fraction of sp³-hybridized carbons (Fsp3) is 0.625. The van der Waals surface area contributed by atoms with Gasteiger partial charge in [-0.2, -0.15) is 4.31 Å². The summed E-state index contributed by atoms with van der Waals surface area (Å²) < 4.78 is 27.5. The Labute approximate surface area is 128 Å². The SMILES string of the molecule is Cc1ccc(S(=O)(=O)N(CC2CCCN2)C(C)C)cc1C. The van der Waals surface area contributed by atoms with Crippen LogP contribution in [0.1, 0.15) is 37.8 Å². The van der Waals surface area contributed by atoms with Gasteiger partial charge in [0.15, 0.2) is 0 Å². The molecule has 2 rings (SSSR count). The number of nitrogens with zero attached hydrogens (tertiary/aromatic N) is 1. The van der Waals surface area contributed by atoms with E-state index >= 15 is 0 Å². The highest BCUT2D eigenvalue weighted by atomic mass is 32.2. The van der Waals surface area contributed by atoms with Gasteiger partial charge in [0.2, 0.25) is 10.0 Å². The molecule has 0 radical (unpaired) electrons. The summed E-state index contributed by atoms with van der Waals surface area (Å²) in [6, 6.07) is 5.61. The lowest BCUT2D eigenvalue weighted by molar-refractivity contribution is 0.322. The standard InChI is InChI=1S/C16H26N2O2S/c1-12(2)18(11-15-6-5-9-17-15)21(19,20)16-8-7-13(3)14(4)10-16/h7-8,10,12,15,17H,5-6,9,11H2,1-4H3. The van der Waals surface area contributed by atoms with E-state index in [0.29, 0.717) is 11.4 Å². The van der Waals surface area contributed by atoms with Crippen molar-refractivity contribution in [2.75, 3.05) is 13.1 Å². The highest BCUT2D eigenvalue weighted by Gasteiger charge is 2.30. The molecule has 5 heteroatoms. The van der Waals surface area contributed by atoms with Crippen LogP contribution in [0.3, 0.4) is 0 Å². The lowest BCUT2D eigenvalue weighted by atomic mass is 10.1. The first-order valence-corrected chi connectivity index (χ1v) is 9.09. The van der Waals surface area contributed by atoms with E-state index in [1.165, 1.54) is 0 Å². The van der Waals surface area contributed by atoms with Crippen LogP contribution in [-0.2, 0) is 10.0 Å². The van der Waals surface area contributed by atoms with Crippen LogP contribution in [0.25, 0.3) is 0 Å². The van der Waals surface area contributed by atoms with Gasteiger partial charge in [0.1, 0.15) is 0 Å². The second-order valence-electron chi connectivity index (χ2n) is 6.21. The first kappa shape index (κ1) is 16.5. The number of aryl methyl sites for hydroxylation is 2. The van der Waals surface area contributed by atoms with Crippen LogP contribution >= 0.6 is 0 Å². The highest BCUT2D eigenvalue weighted by Crippen LogP contribution is 2.22. The molecule has 4 nitrogen and oxygen atoms in total. The monoisotopic (exact) mass is 310 g/mol. The largest absolute Gasteiger partial charge is 0.313 e. The molecule has 1 atom stereocenters. The third-order valence-electron chi connectivity index (χ3n) is 4.22. The third-order valence-corrected chi connectivity index (χ3v) is 6.26. The number of benzene rings is 1. The van der Waals surface area contributed by atoms with E-state index in [2.05, 4.69) is 5.32 Å². The first-order chi connectivity index (χ1) is 9.82. The average molecular weight is 310 g/mol. The van der Waals surface area contributed by atoms with E-state index in [4.69, 9.17) is 0 Å². The molecule has 1 aromatic rings. The molecular weight excluding hydrogens is 284 g/mol. The molecule has 0 bridgehead atoms. The number of hydrogen-bond donors (Lipinski definition) is 1. The molecule has 21 heavy (non-hydrogen) atoms. The smallest absolute Gasteiger partial charge is 0.243 e. The minimum atomic E-state index is -3.43. The van der Waals surface area contributed by atoms with Crippen LogP contribution in [0.4, 0.5) is 0 Å². The van der Waals surface area contributed by atoms with Crippen molar-refractivity contribution in [3.63, 3.8) is 0 Å². The molecule has 1 aromatic carbocycles. The van der Waals surface area contributed by atoms with Crippen molar-refractivity contribution in [2.24, 2.45) is 0 Å². The molecule has 1 aliphatic rings. The number of hydrogen-bond acceptors (Lipinski definition) is 3. The lowest BCUT2D eigenvalue weighted by Gasteiger charge is -2.28. The van der Waals surface area contributed by atoms with Crippen LogP contribution in [0.2, 0.25) is 0 Å². The molecule has 0 aromatic heterocycles. The Morgan fingerprint density at radius 1 is 1.29 bits per heavy atom. The molecule has 0 spiro atoms. The maximum absolute atomic E-state index is 12.9. The Morgan fingerprint density at radius 2 is 2.00 bits per heavy atom. The van der Waals surface area contributed by atoms with Gasteiger partial charge in [-0.3, -0.25) is 0 Å². The fourth-order valence-corrected chi connectivity index (χ4v) is 4.49. The summed E-state index contributed by atoms with van der Waals surface area (Å²) >= 11 is 0. The minimum absolute atomic E-state index is 0.0426. The van der Waals surface area contributed by atoms with Crippen molar-refractivity contribution in [3.05, 3.63) is 29.3 Å². The van der Waals surface area contributed by atoms with Gasteiger partial charge in [0.05, 0.1) is 4.90 Å².